The number of anilines is 2. The lowest BCUT2D eigenvalue weighted by atomic mass is 10.1. The zero-order valence-corrected chi connectivity index (χ0v) is 23.3. The summed E-state index contributed by atoms with van der Waals surface area (Å²) in [6.07, 6.45) is 2.45. The quantitative estimate of drug-likeness (QED) is 0.137. The number of methoxy groups -OCH3 is 1. The molecule has 1 aliphatic heterocycles. The van der Waals surface area contributed by atoms with Gasteiger partial charge in [-0.05, 0) is 54.8 Å². The molecule has 1 N–H and O–H groups in total. The molecule has 0 atom stereocenters. The van der Waals surface area contributed by atoms with Gasteiger partial charge in [0.25, 0.3) is 0 Å². The minimum absolute atomic E-state index is 0.267. The Bertz CT molecular complexity index is 1460. The summed E-state index contributed by atoms with van der Waals surface area (Å²) >= 11 is 0. The first-order chi connectivity index (χ1) is 20.1. The van der Waals surface area contributed by atoms with Crippen molar-refractivity contribution in [3.63, 3.8) is 0 Å². The Morgan fingerprint density at radius 2 is 1.80 bits per heavy atom. The van der Waals surface area contributed by atoms with E-state index in [1.54, 1.807) is 19.2 Å². The topological polar surface area (TPSA) is 90.3 Å². The Balaban J connectivity index is 1.21. The Morgan fingerprint density at radius 1 is 1.02 bits per heavy atom. The van der Waals surface area contributed by atoms with Gasteiger partial charge in [0.05, 0.1) is 38.2 Å². The minimum Gasteiger partial charge on any atom is -0.493 e. The molecular formula is C31H34FN5O4. The predicted molar refractivity (Wildman–Crippen MR) is 157 cm³/mol. The molecule has 2 heterocycles. The summed E-state index contributed by atoms with van der Waals surface area (Å²) in [5, 5.41) is 8.39. The van der Waals surface area contributed by atoms with Crippen LogP contribution in [0, 0.1) is 5.82 Å². The highest BCUT2D eigenvalue weighted by molar-refractivity contribution is 5.99. The molecule has 5 rings (SSSR count). The third kappa shape index (κ3) is 7.68. The molecule has 3 aromatic carbocycles. The number of hydrogen-bond donors (Lipinski definition) is 1. The maximum absolute atomic E-state index is 13.1. The van der Waals surface area contributed by atoms with Gasteiger partial charge < -0.3 is 24.4 Å². The van der Waals surface area contributed by atoms with Gasteiger partial charge in [-0.25, -0.2) is 14.4 Å². The van der Waals surface area contributed by atoms with Crippen molar-refractivity contribution in [2.45, 2.75) is 20.0 Å². The lowest BCUT2D eigenvalue weighted by molar-refractivity contribution is 0.0357. The van der Waals surface area contributed by atoms with Gasteiger partial charge in [-0.1, -0.05) is 29.4 Å². The summed E-state index contributed by atoms with van der Waals surface area (Å²) in [5.74, 6) is 1.67. The number of rotatable bonds is 12. The van der Waals surface area contributed by atoms with Crippen molar-refractivity contribution >= 4 is 28.1 Å². The van der Waals surface area contributed by atoms with Crippen molar-refractivity contribution in [1.29, 1.82) is 0 Å². The number of ether oxygens (including phenoxy) is 3. The van der Waals surface area contributed by atoms with E-state index >= 15 is 0 Å². The van der Waals surface area contributed by atoms with E-state index in [1.807, 2.05) is 43.3 Å². The van der Waals surface area contributed by atoms with Crippen molar-refractivity contribution < 1.29 is 23.4 Å². The smallest absolute Gasteiger partial charge is 0.163 e. The average molecular weight is 560 g/mol. The molecule has 0 saturated carbocycles. The van der Waals surface area contributed by atoms with E-state index in [2.05, 4.69) is 25.3 Å². The van der Waals surface area contributed by atoms with Gasteiger partial charge in [-0.2, -0.15) is 0 Å². The van der Waals surface area contributed by atoms with Gasteiger partial charge in [0, 0.05) is 36.8 Å². The normalized spacial score (nSPS) is 14.2. The summed E-state index contributed by atoms with van der Waals surface area (Å²) in [7, 11) is 1.63. The first-order valence-electron chi connectivity index (χ1n) is 13.6. The highest BCUT2D eigenvalue weighted by atomic mass is 19.1. The molecule has 0 spiro atoms. The van der Waals surface area contributed by atoms with Crippen molar-refractivity contribution in [2.75, 3.05) is 51.9 Å². The summed E-state index contributed by atoms with van der Waals surface area (Å²) in [6, 6.07) is 17.8. The first-order valence-corrected chi connectivity index (χ1v) is 13.6. The van der Waals surface area contributed by atoms with Crippen LogP contribution in [0.5, 0.6) is 11.5 Å². The number of oxime groups is 1. The molecule has 214 valence electrons. The zero-order chi connectivity index (χ0) is 28.4. The monoisotopic (exact) mass is 559 g/mol. The zero-order valence-electron chi connectivity index (χ0n) is 23.3. The van der Waals surface area contributed by atoms with Gasteiger partial charge in [0.2, 0.25) is 0 Å². The minimum atomic E-state index is -0.277. The van der Waals surface area contributed by atoms with Crippen molar-refractivity contribution in [1.82, 2.24) is 14.9 Å². The Hall–Kier alpha value is -4.28. The highest BCUT2D eigenvalue weighted by Crippen LogP contribution is 2.35. The number of morpholine rings is 1. The van der Waals surface area contributed by atoms with Crippen LogP contribution in [0.1, 0.15) is 24.5 Å². The van der Waals surface area contributed by atoms with Crippen LogP contribution in [0.3, 0.4) is 0 Å². The molecule has 4 aromatic rings. The second-order valence-electron chi connectivity index (χ2n) is 9.68. The fourth-order valence-corrected chi connectivity index (χ4v) is 4.50. The van der Waals surface area contributed by atoms with Crippen LogP contribution < -0.4 is 14.8 Å². The standard InChI is InChI=1S/C31H34FN5O4/c1-22(36-41-20-23-4-8-25(32)9-5-23)24-6-10-26(11-7-24)35-31-27-18-29(38-2)30(19-28(27)33-21-34-31)40-15-3-12-37-13-16-39-17-14-37/h4-11,18-19,21H,3,12-17,20H2,1-2H3,(H,33,34,35). The van der Waals surface area contributed by atoms with Crippen LogP contribution in [0.4, 0.5) is 15.9 Å². The van der Waals surface area contributed by atoms with Crippen LogP contribution >= 0.6 is 0 Å². The van der Waals surface area contributed by atoms with Crippen LogP contribution in [0.2, 0.25) is 0 Å². The van der Waals surface area contributed by atoms with E-state index < -0.39 is 0 Å². The predicted octanol–water partition coefficient (Wildman–Crippen LogP) is 5.56. The molecule has 0 radical (unpaired) electrons. The van der Waals surface area contributed by atoms with E-state index in [9.17, 15) is 4.39 Å². The van der Waals surface area contributed by atoms with Crippen LogP contribution in [-0.4, -0.2) is 67.1 Å². The summed E-state index contributed by atoms with van der Waals surface area (Å²) in [4.78, 5) is 16.8. The number of nitrogens with one attached hydrogen (secondary N) is 1. The van der Waals surface area contributed by atoms with Gasteiger partial charge in [0.1, 0.15) is 24.6 Å². The summed E-state index contributed by atoms with van der Waals surface area (Å²) in [6.45, 7) is 7.22. The van der Waals surface area contributed by atoms with Gasteiger partial charge in [-0.15, -0.1) is 0 Å². The molecule has 10 heteroatoms. The molecule has 1 saturated heterocycles. The molecule has 41 heavy (non-hydrogen) atoms. The lowest BCUT2D eigenvalue weighted by Crippen LogP contribution is -2.37. The molecule has 0 aliphatic carbocycles. The molecule has 1 aromatic heterocycles. The Kier molecular flexibility index (Phi) is 9.56. The lowest BCUT2D eigenvalue weighted by Gasteiger charge is -2.26. The SMILES string of the molecule is COc1cc2c(Nc3ccc(C(C)=NOCc4ccc(F)cc4)cc3)ncnc2cc1OCCCN1CCOCC1. The Morgan fingerprint density at radius 3 is 2.56 bits per heavy atom. The second-order valence-corrected chi connectivity index (χ2v) is 9.68. The average Bonchev–Trinajstić information content (AvgIpc) is 3.01. The number of halogens is 1. The first kappa shape index (κ1) is 28.3. The van der Waals surface area contributed by atoms with Crippen molar-refractivity contribution in [2.24, 2.45) is 5.16 Å². The van der Waals surface area contributed by atoms with Crippen molar-refractivity contribution in [3.8, 4) is 11.5 Å². The van der Waals surface area contributed by atoms with Gasteiger partial charge >= 0.3 is 0 Å². The number of aromatic nitrogens is 2. The number of nitrogens with zero attached hydrogens (tertiary/aromatic N) is 4. The number of fused-ring (bicyclic) bond motifs is 1. The fraction of sp³-hybridized carbons (Fsp3) is 0.323. The van der Waals surface area contributed by atoms with E-state index in [0.29, 0.717) is 23.9 Å². The molecule has 0 amide bonds. The third-order valence-corrected chi connectivity index (χ3v) is 6.81. The van der Waals surface area contributed by atoms with E-state index in [0.717, 1.165) is 72.7 Å². The van der Waals surface area contributed by atoms with Crippen LogP contribution in [0.25, 0.3) is 10.9 Å². The van der Waals surface area contributed by atoms with Crippen molar-refractivity contribution in [3.05, 3.63) is 83.9 Å². The second kappa shape index (κ2) is 13.9. The van der Waals surface area contributed by atoms with Crippen LogP contribution in [-0.2, 0) is 16.2 Å². The fourth-order valence-electron chi connectivity index (χ4n) is 4.50. The highest BCUT2D eigenvalue weighted by Gasteiger charge is 2.13. The molecule has 9 nitrogen and oxygen atoms in total. The van der Waals surface area contributed by atoms with E-state index in [4.69, 9.17) is 19.0 Å². The van der Waals surface area contributed by atoms with Crippen LogP contribution in [0.15, 0.2) is 72.1 Å². The number of hydrogen-bond acceptors (Lipinski definition) is 9. The van der Waals surface area contributed by atoms with Gasteiger partial charge in [0.15, 0.2) is 11.5 Å². The third-order valence-electron chi connectivity index (χ3n) is 6.81. The summed E-state index contributed by atoms with van der Waals surface area (Å²) in [5.41, 5.74) is 4.10. The van der Waals surface area contributed by atoms with E-state index in [-0.39, 0.29) is 12.4 Å². The largest absolute Gasteiger partial charge is 0.493 e. The molecule has 0 unspecified atom stereocenters. The summed E-state index contributed by atoms with van der Waals surface area (Å²) < 4.78 is 30.2. The van der Waals surface area contributed by atoms with E-state index in [1.165, 1.54) is 18.5 Å². The molecule has 0 bridgehead atoms. The molecule has 1 fully saturated rings. The maximum Gasteiger partial charge on any atom is 0.163 e. The van der Waals surface area contributed by atoms with Gasteiger partial charge in [-0.3, -0.25) is 4.90 Å². The Labute approximate surface area is 238 Å². The molecular weight excluding hydrogens is 525 g/mol. The number of benzene rings is 3. The molecule has 1 aliphatic rings. The maximum atomic E-state index is 13.1.